The molecule has 0 aliphatic rings. The molecule has 0 spiro atoms. The molecule has 0 saturated heterocycles. The SMILES string of the molecule is CCCNCc1cc(F)c(OCCOCCC)c(F)c1. The molecule has 0 amide bonds. The number of benzene rings is 1. The summed E-state index contributed by atoms with van der Waals surface area (Å²) in [5.41, 5.74) is 0.572. The maximum Gasteiger partial charge on any atom is 0.190 e. The number of ether oxygens (including phenoxy) is 2. The predicted octanol–water partition coefficient (Wildman–Crippen LogP) is 3.27. The van der Waals surface area contributed by atoms with Crippen LogP contribution in [0.15, 0.2) is 12.1 Å². The lowest BCUT2D eigenvalue weighted by atomic mass is 10.2. The van der Waals surface area contributed by atoms with Crippen molar-refractivity contribution in [1.29, 1.82) is 0 Å². The normalized spacial score (nSPS) is 10.8. The molecule has 0 unspecified atom stereocenters. The zero-order valence-electron chi connectivity index (χ0n) is 12.2. The maximum absolute atomic E-state index is 13.8. The molecule has 0 saturated carbocycles. The van der Waals surface area contributed by atoms with E-state index >= 15 is 0 Å². The molecule has 1 N–H and O–H groups in total. The van der Waals surface area contributed by atoms with Gasteiger partial charge in [-0.2, -0.15) is 0 Å². The van der Waals surface area contributed by atoms with Crippen LogP contribution in [-0.2, 0) is 11.3 Å². The van der Waals surface area contributed by atoms with Crippen LogP contribution in [0.2, 0.25) is 0 Å². The van der Waals surface area contributed by atoms with Crippen molar-refractivity contribution in [1.82, 2.24) is 5.32 Å². The molecule has 1 rings (SSSR count). The van der Waals surface area contributed by atoms with Gasteiger partial charge in [-0.05, 0) is 37.1 Å². The third-order valence-electron chi connectivity index (χ3n) is 2.64. The highest BCUT2D eigenvalue weighted by atomic mass is 19.1. The second kappa shape index (κ2) is 9.66. The molecule has 0 atom stereocenters. The minimum absolute atomic E-state index is 0.140. The van der Waals surface area contributed by atoms with Gasteiger partial charge in [-0.15, -0.1) is 0 Å². The molecular formula is C15H23F2NO2. The van der Waals surface area contributed by atoms with Crippen molar-refractivity contribution in [3.05, 3.63) is 29.3 Å². The molecule has 0 aliphatic heterocycles. The van der Waals surface area contributed by atoms with Crippen LogP contribution in [0.1, 0.15) is 32.3 Å². The monoisotopic (exact) mass is 287 g/mol. The molecule has 1 aromatic rings. The molecule has 114 valence electrons. The number of hydrogen-bond donors (Lipinski definition) is 1. The van der Waals surface area contributed by atoms with E-state index in [4.69, 9.17) is 9.47 Å². The first-order chi connectivity index (χ1) is 9.69. The second-order valence-electron chi connectivity index (χ2n) is 4.53. The van der Waals surface area contributed by atoms with Crippen molar-refractivity contribution in [2.24, 2.45) is 0 Å². The van der Waals surface area contributed by atoms with Gasteiger partial charge in [0.2, 0.25) is 0 Å². The van der Waals surface area contributed by atoms with Crippen molar-refractivity contribution >= 4 is 0 Å². The molecule has 5 heteroatoms. The summed E-state index contributed by atoms with van der Waals surface area (Å²) in [6, 6.07) is 2.60. The second-order valence-corrected chi connectivity index (χ2v) is 4.53. The van der Waals surface area contributed by atoms with Crippen molar-refractivity contribution < 1.29 is 18.3 Å². The van der Waals surface area contributed by atoms with Crippen molar-refractivity contribution in [3.8, 4) is 5.75 Å². The van der Waals surface area contributed by atoms with Crippen LogP contribution in [0.5, 0.6) is 5.75 Å². The lowest BCUT2D eigenvalue weighted by Gasteiger charge is -2.11. The molecule has 0 heterocycles. The number of rotatable bonds is 10. The Kier molecular flexibility index (Phi) is 8.14. The van der Waals surface area contributed by atoms with Crippen molar-refractivity contribution in [3.63, 3.8) is 0 Å². The van der Waals surface area contributed by atoms with E-state index in [0.717, 1.165) is 19.4 Å². The van der Waals surface area contributed by atoms with E-state index in [1.54, 1.807) is 0 Å². The van der Waals surface area contributed by atoms with E-state index in [1.807, 2.05) is 13.8 Å². The van der Waals surface area contributed by atoms with Crippen LogP contribution in [0.3, 0.4) is 0 Å². The third kappa shape index (κ3) is 5.84. The smallest absolute Gasteiger partial charge is 0.190 e. The fourth-order valence-electron chi connectivity index (χ4n) is 1.71. The minimum Gasteiger partial charge on any atom is -0.485 e. The number of nitrogens with one attached hydrogen (secondary N) is 1. The highest BCUT2D eigenvalue weighted by molar-refractivity contribution is 5.31. The first-order valence-electron chi connectivity index (χ1n) is 7.08. The van der Waals surface area contributed by atoms with Gasteiger partial charge in [0.25, 0.3) is 0 Å². The fourth-order valence-corrected chi connectivity index (χ4v) is 1.71. The summed E-state index contributed by atoms with van der Waals surface area (Å²) in [5, 5.41) is 3.10. The molecule has 0 fully saturated rings. The van der Waals surface area contributed by atoms with Gasteiger partial charge >= 0.3 is 0 Å². The minimum atomic E-state index is -0.672. The Morgan fingerprint density at radius 1 is 1.00 bits per heavy atom. The number of hydrogen-bond acceptors (Lipinski definition) is 3. The Balaban J connectivity index is 2.51. The van der Waals surface area contributed by atoms with Gasteiger partial charge in [0.1, 0.15) is 6.61 Å². The highest BCUT2D eigenvalue weighted by Gasteiger charge is 2.12. The first kappa shape index (κ1) is 16.9. The van der Waals surface area contributed by atoms with E-state index in [0.29, 0.717) is 25.3 Å². The highest BCUT2D eigenvalue weighted by Crippen LogP contribution is 2.23. The molecule has 0 aromatic heterocycles. The average Bonchev–Trinajstić information content (AvgIpc) is 2.41. The topological polar surface area (TPSA) is 30.5 Å². The Hall–Kier alpha value is -1.20. The summed E-state index contributed by atoms with van der Waals surface area (Å²) in [5.74, 6) is -1.67. The summed E-state index contributed by atoms with van der Waals surface area (Å²) in [6.45, 7) is 6.37. The molecule has 20 heavy (non-hydrogen) atoms. The Labute approximate surface area is 119 Å². The maximum atomic E-state index is 13.8. The molecule has 0 radical (unpaired) electrons. The van der Waals surface area contributed by atoms with Crippen LogP contribution in [0.4, 0.5) is 8.78 Å². The van der Waals surface area contributed by atoms with Gasteiger partial charge in [0, 0.05) is 13.2 Å². The molecule has 3 nitrogen and oxygen atoms in total. The molecule has 0 bridgehead atoms. The summed E-state index contributed by atoms with van der Waals surface area (Å²) in [4.78, 5) is 0. The Morgan fingerprint density at radius 3 is 2.30 bits per heavy atom. The standard InChI is InChI=1S/C15H23F2NO2/c1-3-5-18-11-12-9-13(16)15(14(17)10-12)20-8-7-19-6-4-2/h9-10,18H,3-8,11H2,1-2H3. The van der Waals surface area contributed by atoms with Crippen molar-refractivity contribution in [2.45, 2.75) is 33.2 Å². The molecule has 1 aromatic carbocycles. The van der Waals surface area contributed by atoms with Gasteiger partial charge in [-0.25, -0.2) is 8.78 Å². The lowest BCUT2D eigenvalue weighted by Crippen LogP contribution is -2.14. The largest absolute Gasteiger partial charge is 0.485 e. The summed E-state index contributed by atoms with van der Waals surface area (Å²) in [6.07, 6.45) is 1.88. The average molecular weight is 287 g/mol. The summed E-state index contributed by atoms with van der Waals surface area (Å²) >= 11 is 0. The van der Waals surface area contributed by atoms with Crippen LogP contribution in [-0.4, -0.2) is 26.4 Å². The first-order valence-corrected chi connectivity index (χ1v) is 7.08. The summed E-state index contributed by atoms with van der Waals surface area (Å²) in [7, 11) is 0. The van der Waals surface area contributed by atoms with E-state index < -0.39 is 11.6 Å². The van der Waals surface area contributed by atoms with Crippen LogP contribution < -0.4 is 10.1 Å². The van der Waals surface area contributed by atoms with Crippen molar-refractivity contribution in [2.75, 3.05) is 26.4 Å². The number of halogens is 2. The van der Waals surface area contributed by atoms with Gasteiger partial charge in [0.05, 0.1) is 6.61 Å². The van der Waals surface area contributed by atoms with Gasteiger partial charge < -0.3 is 14.8 Å². The molecule has 0 aliphatic carbocycles. The lowest BCUT2D eigenvalue weighted by molar-refractivity contribution is 0.0975. The van der Waals surface area contributed by atoms with E-state index in [9.17, 15) is 8.78 Å². The van der Waals surface area contributed by atoms with E-state index in [1.165, 1.54) is 12.1 Å². The fraction of sp³-hybridized carbons (Fsp3) is 0.600. The Bertz CT molecular complexity index is 376. The zero-order valence-corrected chi connectivity index (χ0v) is 12.2. The van der Waals surface area contributed by atoms with Gasteiger partial charge in [-0.1, -0.05) is 13.8 Å². The quantitative estimate of drug-likeness (QED) is 0.670. The van der Waals surface area contributed by atoms with Crippen LogP contribution in [0.25, 0.3) is 0 Å². The van der Waals surface area contributed by atoms with Crippen LogP contribution in [0, 0.1) is 11.6 Å². The van der Waals surface area contributed by atoms with Gasteiger partial charge in [0.15, 0.2) is 17.4 Å². The Morgan fingerprint density at radius 2 is 1.70 bits per heavy atom. The summed E-state index contributed by atoms with van der Waals surface area (Å²) < 4.78 is 37.8. The van der Waals surface area contributed by atoms with E-state index in [2.05, 4.69) is 5.32 Å². The van der Waals surface area contributed by atoms with E-state index in [-0.39, 0.29) is 12.4 Å². The molecular weight excluding hydrogens is 264 g/mol. The zero-order chi connectivity index (χ0) is 14.8. The third-order valence-corrected chi connectivity index (χ3v) is 2.64. The van der Waals surface area contributed by atoms with Gasteiger partial charge in [-0.3, -0.25) is 0 Å². The predicted molar refractivity (Wildman–Crippen MR) is 75.0 cm³/mol. The van der Waals surface area contributed by atoms with Crippen LogP contribution >= 0.6 is 0 Å².